The van der Waals surface area contributed by atoms with Gasteiger partial charge in [0.2, 0.25) is 35.1 Å². The first-order valence-corrected chi connectivity index (χ1v) is 22.2. The molecule has 0 aromatic carbocycles. The second-order valence-electron chi connectivity index (χ2n) is 16.4. The third-order valence-corrected chi connectivity index (χ3v) is 10.8. The first kappa shape index (κ1) is 63.4. The van der Waals surface area contributed by atoms with E-state index in [1.165, 1.54) is 0 Å². The molecule has 18 nitrogen and oxygen atoms in total. The number of nitrogens with one attached hydrogen (secondary N) is 4. The molecule has 14 atom stereocenters. The molecule has 0 bridgehead atoms. The Labute approximate surface area is 401 Å². The van der Waals surface area contributed by atoms with Gasteiger partial charge in [-0.1, -0.05) is 0 Å². The molecule has 0 saturated carbocycles. The number of nitrogens with two attached hydrogens (primary N) is 2. The second kappa shape index (κ2) is 31.0. The van der Waals surface area contributed by atoms with E-state index in [4.69, 9.17) is 20.9 Å². The lowest BCUT2D eigenvalue weighted by atomic mass is 9.79. The molecule has 0 saturated heterocycles. The Balaban J connectivity index is 5.41. The number of carbonyl (C=O) groups excluding carboxylic acids is 6. The van der Waals surface area contributed by atoms with E-state index in [1.54, 1.807) is 0 Å². The third-order valence-electron chi connectivity index (χ3n) is 10.8. The Morgan fingerprint density at radius 3 is 1.11 bits per heavy atom. The highest BCUT2D eigenvalue weighted by atomic mass is 19.2. The van der Waals surface area contributed by atoms with Crippen molar-refractivity contribution in [3.8, 4) is 0 Å². The van der Waals surface area contributed by atoms with Gasteiger partial charge in [-0.3, -0.25) is 41.6 Å². The molecule has 1 aromatic rings. The molecule has 71 heavy (non-hydrogen) atoms. The van der Waals surface area contributed by atoms with E-state index in [-0.39, 0.29) is 4.90 Å². The van der Waals surface area contributed by atoms with Gasteiger partial charge in [0.15, 0.2) is 30.5 Å². The van der Waals surface area contributed by atoms with Crippen LogP contribution in [0.5, 0.6) is 0 Å². The number of primary amides is 2. The number of ether oxygens (including phenoxy) is 2. The molecule has 6 amide bonds. The molecule has 0 fully saturated rings. The molecule has 408 valence electrons. The van der Waals surface area contributed by atoms with Crippen molar-refractivity contribution in [3.63, 3.8) is 0 Å². The van der Waals surface area contributed by atoms with Crippen molar-refractivity contribution in [1.29, 1.82) is 0 Å². The van der Waals surface area contributed by atoms with Gasteiger partial charge < -0.3 is 42.2 Å². The van der Waals surface area contributed by atoms with Crippen molar-refractivity contribution in [2.24, 2.45) is 11.5 Å². The molecule has 0 radical (unpaired) electrons. The van der Waals surface area contributed by atoms with Gasteiger partial charge in [-0.05, 0) is 56.6 Å². The summed E-state index contributed by atoms with van der Waals surface area (Å²) in [5.74, 6) is -6.90. The summed E-state index contributed by atoms with van der Waals surface area (Å²) in [7, 11) is 0. The fourth-order valence-electron chi connectivity index (χ4n) is 8.03. The summed E-state index contributed by atoms with van der Waals surface area (Å²) in [5.41, 5.74) is 2.97. The zero-order valence-corrected chi connectivity index (χ0v) is 39.2. The molecule has 0 spiro atoms. The van der Waals surface area contributed by atoms with E-state index >= 15 is 35.1 Å². The average Bonchev–Trinajstić information content (AvgIpc) is 3.29. The number of aromatic nitrogens is 3. The summed E-state index contributed by atoms with van der Waals surface area (Å²) in [6, 6.07) is -11.3. The molecular weight excluding hydrogens is 988 g/mol. The Kier molecular flexibility index (Phi) is 27.7. The Morgan fingerprint density at radius 2 is 0.859 bits per heavy atom. The zero-order chi connectivity index (χ0) is 54.2. The minimum atomic E-state index is -4.10. The normalized spacial score (nSPS) is 18.4. The molecule has 0 aliphatic carbocycles. The van der Waals surface area contributed by atoms with Crippen LogP contribution < -0.4 is 37.6 Å². The summed E-state index contributed by atoms with van der Waals surface area (Å²) >= 11 is 0. The molecule has 1 rings (SSSR count). The predicted octanol–water partition coefficient (Wildman–Crippen LogP) is 4.76. The number of carbonyl (C=O) groups is 6. The van der Waals surface area contributed by atoms with E-state index in [0.717, 1.165) is 0 Å². The first-order chi connectivity index (χ1) is 33.3. The molecular formula is C41H62F12N10O8. The highest BCUT2D eigenvalue weighted by molar-refractivity contribution is 5.76. The minimum Gasteiger partial charge on any atom is -0.420 e. The van der Waals surface area contributed by atoms with Crippen LogP contribution in [0.4, 0.5) is 68.1 Å². The molecule has 14 unspecified atom stereocenters. The zero-order valence-electron chi connectivity index (χ0n) is 39.2. The van der Waals surface area contributed by atoms with Gasteiger partial charge in [-0.2, -0.15) is 0 Å². The number of alkyl halides is 12. The van der Waals surface area contributed by atoms with Crippen molar-refractivity contribution < 1.29 is 90.9 Å². The number of hydrogen-bond acceptors (Lipinski definition) is 12. The fourth-order valence-corrected chi connectivity index (χ4v) is 8.03. The Morgan fingerprint density at radius 1 is 0.549 bits per heavy atom. The maximum atomic E-state index is 17.6. The van der Waals surface area contributed by atoms with Gasteiger partial charge in [-0.25, -0.2) is 44.7 Å². The average molecular weight is 1050 g/mol. The SMILES string of the molecule is CC(=O)NC(CC(OC(N)=O)(C(NC(C)=O)C(F)C(F)CCCF)N(c1ccnnn1)C(CC(NC(C)=O)C(F)C(F)CCCF)(OC(N)=O)C(NC(C)=O)C(F)C(F)CCCF)C(F)C(F)CCCF. The number of halogens is 12. The van der Waals surface area contributed by atoms with Crippen molar-refractivity contribution >= 4 is 41.6 Å². The van der Waals surface area contributed by atoms with E-state index in [2.05, 4.69) is 15.4 Å². The number of anilines is 1. The van der Waals surface area contributed by atoms with E-state index in [1.807, 2.05) is 21.3 Å². The second-order valence-corrected chi connectivity index (χ2v) is 16.4. The van der Waals surface area contributed by atoms with Gasteiger partial charge in [-0.15, -0.1) is 10.2 Å². The highest BCUT2D eigenvalue weighted by Gasteiger charge is 2.67. The van der Waals surface area contributed by atoms with Gasteiger partial charge in [0.25, 0.3) is 0 Å². The minimum absolute atomic E-state index is 0.124. The lowest BCUT2D eigenvalue weighted by Gasteiger charge is -2.58. The maximum absolute atomic E-state index is 17.6. The summed E-state index contributed by atoms with van der Waals surface area (Å²) in [4.78, 5) is 79.3. The maximum Gasteiger partial charge on any atom is 0.406 e. The van der Waals surface area contributed by atoms with Crippen LogP contribution >= 0.6 is 0 Å². The van der Waals surface area contributed by atoms with Crippen molar-refractivity contribution in [3.05, 3.63) is 12.3 Å². The number of rotatable bonds is 35. The van der Waals surface area contributed by atoms with Crippen LogP contribution in [0.3, 0.4) is 0 Å². The van der Waals surface area contributed by atoms with Crippen molar-refractivity contribution in [1.82, 2.24) is 36.7 Å². The first-order valence-electron chi connectivity index (χ1n) is 22.2. The van der Waals surface area contributed by atoms with Gasteiger partial charge in [0.1, 0.15) is 36.8 Å². The smallest absolute Gasteiger partial charge is 0.406 e. The largest absolute Gasteiger partial charge is 0.420 e. The lowest BCUT2D eigenvalue weighted by molar-refractivity contribution is -0.151. The van der Waals surface area contributed by atoms with Crippen LogP contribution in [0.2, 0.25) is 0 Å². The highest BCUT2D eigenvalue weighted by Crippen LogP contribution is 2.47. The fraction of sp³-hybridized carbons (Fsp3) is 0.780. The predicted molar refractivity (Wildman–Crippen MR) is 229 cm³/mol. The van der Waals surface area contributed by atoms with Crippen molar-refractivity contribution in [2.75, 3.05) is 31.6 Å². The summed E-state index contributed by atoms with van der Waals surface area (Å²) in [5, 5.41) is 18.0. The quantitative estimate of drug-likeness (QED) is 0.0397. The number of amides is 6. The monoisotopic (exact) mass is 1050 g/mol. The molecule has 30 heteroatoms. The summed E-state index contributed by atoms with van der Waals surface area (Å²) in [6.07, 6.45) is -40.5. The summed E-state index contributed by atoms with van der Waals surface area (Å²) in [6.45, 7) is -2.67. The summed E-state index contributed by atoms with van der Waals surface area (Å²) < 4.78 is 198. The standard InChI is InChI=1S/C41H62F12N10O8/c1-21(64)57-29(32(50)25(46)9-5-14-42)19-40(70-38(54)68,36(59-23(3)66)34(52)27(48)11-7-16-44)63(31-13-18-56-62-61-31)41(71-39(55)69,37(60-24(4)67)35(53)28(49)12-8-17-45)20-30(58-22(2)65)33(51)26(47)10-6-15-43/h13,18,25-30,32-37H,5-12,14-17,19-20H2,1-4H3,(H2,54,68)(H2,55,69)(H,57,64)(H,58,65)(H,59,66)(H,60,67). The third kappa shape index (κ3) is 19.2. The van der Waals surface area contributed by atoms with Gasteiger partial charge >= 0.3 is 12.2 Å². The van der Waals surface area contributed by atoms with Crippen LogP contribution in [0.15, 0.2) is 12.3 Å². The van der Waals surface area contributed by atoms with Gasteiger partial charge in [0.05, 0.1) is 45.0 Å². The molecule has 1 heterocycles. The van der Waals surface area contributed by atoms with E-state index in [0.29, 0.717) is 40.0 Å². The molecule has 8 N–H and O–H groups in total. The van der Waals surface area contributed by atoms with E-state index in [9.17, 15) is 46.3 Å². The number of hydrogen-bond donors (Lipinski definition) is 6. The topological polar surface area (TPSA) is 263 Å². The number of nitrogens with zero attached hydrogens (tertiary/aromatic N) is 4. The van der Waals surface area contributed by atoms with Crippen molar-refractivity contribution in [2.45, 2.75) is 177 Å². The van der Waals surface area contributed by atoms with Gasteiger partial charge in [0, 0.05) is 46.6 Å². The van der Waals surface area contributed by atoms with Crippen LogP contribution in [-0.2, 0) is 28.7 Å². The van der Waals surface area contributed by atoms with Crippen LogP contribution in [0.25, 0.3) is 0 Å². The Hall–Kier alpha value is -5.61. The van der Waals surface area contributed by atoms with E-state index < -0.39 is 218 Å². The van der Waals surface area contributed by atoms with Crippen LogP contribution in [0, 0.1) is 0 Å². The Bertz CT molecular complexity index is 1710. The molecule has 0 aliphatic heterocycles. The van der Waals surface area contributed by atoms with Crippen LogP contribution in [0.1, 0.15) is 91.9 Å². The lowest BCUT2D eigenvalue weighted by Crippen LogP contribution is -2.81. The molecule has 0 aliphatic rings. The molecule has 1 aromatic heterocycles. The van der Waals surface area contributed by atoms with Crippen LogP contribution in [-0.4, -0.2) is 163 Å².